The van der Waals surface area contributed by atoms with Crippen molar-refractivity contribution in [3.8, 4) is 0 Å². The predicted octanol–water partition coefficient (Wildman–Crippen LogP) is 0.931. The number of nitrogens with one attached hydrogen (secondary N) is 1. The second-order valence-corrected chi connectivity index (χ2v) is 3.75. The third-order valence-corrected chi connectivity index (χ3v) is 2.00. The first-order valence-electron chi connectivity index (χ1n) is 5.18. The van der Waals surface area contributed by atoms with Crippen LogP contribution in [0.15, 0.2) is 24.0 Å². The zero-order valence-electron chi connectivity index (χ0n) is 9.40. The van der Waals surface area contributed by atoms with Gasteiger partial charge in [0.15, 0.2) is 0 Å². The van der Waals surface area contributed by atoms with E-state index in [9.17, 15) is 0 Å². The molecule has 0 saturated heterocycles. The van der Waals surface area contributed by atoms with Gasteiger partial charge in [-0.2, -0.15) is 5.10 Å². The summed E-state index contributed by atoms with van der Waals surface area (Å²) in [5, 5.41) is 16.1. The minimum absolute atomic E-state index is 0.131. The molecule has 15 heavy (non-hydrogen) atoms. The van der Waals surface area contributed by atoms with Crippen molar-refractivity contribution < 1.29 is 5.11 Å². The molecule has 0 aliphatic heterocycles. The van der Waals surface area contributed by atoms with Crippen molar-refractivity contribution in [2.24, 2.45) is 0 Å². The van der Waals surface area contributed by atoms with E-state index in [4.69, 9.17) is 5.11 Å². The first-order valence-corrected chi connectivity index (χ1v) is 5.18. The van der Waals surface area contributed by atoms with Crippen molar-refractivity contribution in [1.29, 1.82) is 0 Å². The number of aliphatic hydroxyl groups excluding tert-OH is 1. The Labute approximate surface area is 90.6 Å². The van der Waals surface area contributed by atoms with Gasteiger partial charge in [0.1, 0.15) is 0 Å². The highest BCUT2D eigenvalue weighted by atomic mass is 16.3. The highest BCUT2D eigenvalue weighted by Gasteiger charge is 1.96. The van der Waals surface area contributed by atoms with Crippen molar-refractivity contribution in [3.05, 3.63) is 29.6 Å². The number of nitrogens with zero attached hydrogens (tertiary/aromatic N) is 2. The average Bonchev–Trinajstić information content (AvgIpc) is 2.61. The van der Waals surface area contributed by atoms with Gasteiger partial charge in [-0.1, -0.05) is 11.6 Å². The standard InChI is InChI=1S/C11H19N3O/c1-10(2)3-4-12-7-11-8-13-14(9-11)5-6-15/h3,8-9,12,15H,4-7H2,1-2H3. The largest absolute Gasteiger partial charge is 0.394 e. The van der Waals surface area contributed by atoms with E-state index < -0.39 is 0 Å². The fraction of sp³-hybridized carbons (Fsp3) is 0.545. The minimum Gasteiger partial charge on any atom is -0.394 e. The third-order valence-electron chi connectivity index (χ3n) is 2.00. The summed E-state index contributed by atoms with van der Waals surface area (Å²) in [4.78, 5) is 0. The number of allylic oxidation sites excluding steroid dienone is 1. The normalized spacial score (nSPS) is 10.3. The first kappa shape index (κ1) is 11.9. The third kappa shape index (κ3) is 4.76. The summed E-state index contributed by atoms with van der Waals surface area (Å²) in [6, 6.07) is 0. The van der Waals surface area contributed by atoms with Crippen molar-refractivity contribution in [2.45, 2.75) is 26.9 Å². The molecule has 0 radical (unpaired) electrons. The molecule has 0 bridgehead atoms. The molecule has 4 heteroatoms. The van der Waals surface area contributed by atoms with Crippen molar-refractivity contribution in [2.75, 3.05) is 13.2 Å². The Kier molecular flexibility index (Phi) is 5.07. The molecule has 0 aromatic carbocycles. The van der Waals surface area contributed by atoms with Crippen LogP contribution < -0.4 is 5.32 Å². The SMILES string of the molecule is CC(C)=CCNCc1cnn(CCO)c1. The van der Waals surface area contributed by atoms with E-state index in [1.54, 1.807) is 4.68 Å². The van der Waals surface area contributed by atoms with E-state index in [2.05, 4.69) is 30.3 Å². The van der Waals surface area contributed by atoms with Gasteiger partial charge in [0, 0.05) is 24.8 Å². The Morgan fingerprint density at radius 1 is 1.60 bits per heavy atom. The number of aliphatic hydroxyl groups is 1. The van der Waals surface area contributed by atoms with Gasteiger partial charge in [0.25, 0.3) is 0 Å². The maximum atomic E-state index is 8.72. The summed E-state index contributed by atoms with van der Waals surface area (Å²) in [6.45, 7) is 6.56. The Morgan fingerprint density at radius 3 is 3.07 bits per heavy atom. The summed E-state index contributed by atoms with van der Waals surface area (Å²) in [5.74, 6) is 0. The van der Waals surface area contributed by atoms with Crippen LogP contribution in [0.2, 0.25) is 0 Å². The maximum Gasteiger partial charge on any atom is 0.0640 e. The molecular formula is C11H19N3O. The van der Waals surface area contributed by atoms with Crippen LogP contribution in [0.5, 0.6) is 0 Å². The molecule has 1 heterocycles. The van der Waals surface area contributed by atoms with Gasteiger partial charge in [-0.25, -0.2) is 0 Å². The Morgan fingerprint density at radius 2 is 2.40 bits per heavy atom. The van der Waals surface area contributed by atoms with Gasteiger partial charge < -0.3 is 10.4 Å². The van der Waals surface area contributed by atoms with Gasteiger partial charge in [-0.15, -0.1) is 0 Å². The van der Waals surface area contributed by atoms with Crippen LogP contribution >= 0.6 is 0 Å². The molecule has 0 aliphatic rings. The zero-order chi connectivity index (χ0) is 11.1. The lowest BCUT2D eigenvalue weighted by Crippen LogP contribution is -2.12. The van der Waals surface area contributed by atoms with E-state index in [1.165, 1.54) is 5.57 Å². The molecule has 84 valence electrons. The molecule has 1 rings (SSSR count). The van der Waals surface area contributed by atoms with Gasteiger partial charge >= 0.3 is 0 Å². The van der Waals surface area contributed by atoms with E-state index in [1.807, 2.05) is 12.4 Å². The molecule has 0 amide bonds. The molecule has 0 fully saturated rings. The van der Waals surface area contributed by atoms with Crippen LogP contribution in [0.1, 0.15) is 19.4 Å². The predicted molar refractivity (Wildman–Crippen MR) is 60.5 cm³/mol. The van der Waals surface area contributed by atoms with E-state index in [0.717, 1.165) is 18.7 Å². The second kappa shape index (κ2) is 6.37. The van der Waals surface area contributed by atoms with Gasteiger partial charge in [-0.3, -0.25) is 4.68 Å². The number of hydrogen-bond donors (Lipinski definition) is 2. The first-order chi connectivity index (χ1) is 7.22. The van der Waals surface area contributed by atoms with Crippen LogP contribution in [0.3, 0.4) is 0 Å². The zero-order valence-corrected chi connectivity index (χ0v) is 9.40. The molecule has 0 saturated carbocycles. The summed E-state index contributed by atoms with van der Waals surface area (Å²) < 4.78 is 1.75. The monoisotopic (exact) mass is 209 g/mol. The molecule has 0 atom stereocenters. The lowest BCUT2D eigenvalue weighted by Gasteiger charge is -1.99. The fourth-order valence-corrected chi connectivity index (χ4v) is 1.22. The molecule has 0 aliphatic carbocycles. The average molecular weight is 209 g/mol. The molecule has 0 unspecified atom stereocenters. The maximum absolute atomic E-state index is 8.72. The summed E-state index contributed by atoms with van der Waals surface area (Å²) in [6.07, 6.45) is 5.93. The second-order valence-electron chi connectivity index (χ2n) is 3.75. The minimum atomic E-state index is 0.131. The molecule has 0 spiro atoms. The molecule has 4 nitrogen and oxygen atoms in total. The lowest BCUT2D eigenvalue weighted by molar-refractivity contribution is 0.269. The molecule has 2 N–H and O–H groups in total. The Balaban J connectivity index is 2.28. The van der Waals surface area contributed by atoms with Crippen molar-refractivity contribution >= 4 is 0 Å². The van der Waals surface area contributed by atoms with Crippen LogP contribution in [0.4, 0.5) is 0 Å². The summed E-state index contributed by atoms with van der Waals surface area (Å²) in [7, 11) is 0. The summed E-state index contributed by atoms with van der Waals surface area (Å²) in [5.41, 5.74) is 2.46. The van der Waals surface area contributed by atoms with Crippen molar-refractivity contribution in [1.82, 2.24) is 15.1 Å². The van der Waals surface area contributed by atoms with Crippen molar-refractivity contribution in [3.63, 3.8) is 0 Å². The summed E-state index contributed by atoms with van der Waals surface area (Å²) >= 11 is 0. The Bertz CT molecular complexity index is 313. The van der Waals surface area contributed by atoms with Crippen LogP contribution in [0, 0.1) is 0 Å². The number of aromatic nitrogens is 2. The van der Waals surface area contributed by atoms with E-state index >= 15 is 0 Å². The lowest BCUT2D eigenvalue weighted by atomic mass is 10.3. The van der Waals surface area contributed by atoms with Gasteiger partial charge in [0.2, 0.25) is 0 Å². The molecular weight excluding hydrogens is 190 g/mol. The highest BCUT2D eigenvalue weighted by Crippen LogP contribution is 1.96. The Hall–Kier alpha value is -1.13. The van der Waals surface area contributed by atoms with E-state index in [0.29, 0.717) is 6.54 Å². The fourth-order valence-electron chi connectivity index (χ4n) is 1.22. The molecule has 1 aromatic rings. The highest BCUT2D eigenvalue weighted by molar-refractivity contribution is 5.04. The topological polar surface area (TPSA) is 50.1 Å². The van der Waals surface area contributed by atoms with Crippen LogP contribution in [-0.4, -0.2) is 28.0 Å². The van der Waals surface area contributed by atoms with Gasteiger partial charge in [-0.05, 0) is 13.8 Å². The van der Waals surface area contributed by atoms with Gasteiger partial charge in [0.05, 0.1) is 19.3 Å². The van der Waals surface area contributed by atoms with Crippen LogP contribution in [0.25, 0.3) is 0 Å². The van der Waals surface area contributed by atoms with E-state index in [-0.39, 0.29) is 6.61 Å². The quantitative estimate of drug-likeness (QED) is 0.541. The van der Waals surface area contributed by atoms with Crippen LogP contribution in [-0.2, 0) is 13.1 Å². The molecule has 1 aromatic heterocycles. The number of hydrogen-bond acceptors (Lipinski definition) is 3. The number of rotatable bonds is 6. The smallest absolute Gasteiger partial charge is 0.0640 e.